The van der Waals surface area contributed by atoms with Gasteiger partial charge in [0.05, 0.1) is 0 Å². The van der Waals surface area contributed by atoms with Crippen LogP contribution in [0.25, 0.3) is 0 Å². The van der Waals surface area contributed by atoms with E-state index in [1.165, 1.54) is 6.07 Å². The van der Waals surface area contributed by atoms with Crippen molar-refractivity contribution in [2.75, 3.05) is 41.7 Å². The summed E-state index contributed by atoms with van der Waals surface area (Å²) in [5, 5.41) is 12.7. The second-order valence-electron chi connectivity index (χ2n) is 7.61. The molecule has 2 heterocycles. The Hall–Kier alpha value is -4.02. The number of carbonyl (C=O) groups is 2. The summed E-state index contributed by atoms with van der Waals surface area (Å²) >= 11 is 0. The normalized spacial score (nSPS) is 13.7. The third kappa shape index (κ3) is 5.08. The van der Waals surface area contributed by atoms with E-state index < -0.39 is 17.5 Å². The number of amides is 2. The van der Waals surface area contributed by atoms with Crippen LogP contribution in [0.2, 0.25) is 0 Å². The molecular weight excluding hydrogens is 434 g/mol. The van der Waals surface area contributed by atoms with Crippen LogP contribution >= 0.6 is 0 Å². The van der Waals surface area contributed by atoms with E-state index in [0.717, 1.165) is 36.5 Å². The molecular formula is C22H22F2N6O3. The molecule has 2 N–H and O–H groups in total. The minimum Gasteiger partial charge on any atom is -0.399 e. The summed E-state index contributed by atoms with van der Waals surface area (Å²) in [7, 11) is 0. The van der Waals surface area contributed by atoms with Gasteiger partial charge < -0.3 is 24.9 Å². The van der Waals surface area contributed by atoms with Crippen molar-refractivity contribution in [2.45, 2.75) is 13.8 Å². The number of carbonyl (C=O) groups excluding carboxylic acids is 2. The minimum atomic E-state index is -1.03. The number of aromatic nitrogens is 2. The van der Waals surface area contributed by atoms with Crippen molar-refractivity contribution < 1.29 is 22.8 Å². The molecule has 9 nitrogen and oxygen atoms in total. The van der Waals surface area contributed by atoms with Gasteiger partial charge in [0.2, 0.25) is 5.91 Å². The van der Waals surface area contributed by atoms with Crippen LogP contribution in [0.4, 0.5) is 31.9 Å². The number of rotatable bonds is 5. The third-order valence-electron chi connectivity index (χ3n) is 5.31. The van der Waals surface area contributed by atoms with Gasteiger partial charge in [0, 0.05) is 56.2 Å². The highest BCUT2D eigenvalue weighted by Gasteiger charge is 2.21. The third-order valence-corrected chi connectivity index (χ3v) is 5.31. The maximum Gasteiger partial charge on any atom is 0.320 e. The standard InChI is InChI=1S/C22H22F2N6O3/c1-13-11-15(4-6-19(13)30-9-7-29(8-10-30)14(2)31)25-20(32)21-27-28-22(33-21)26-16-3-5-17(23)18(24)12-16/h3-6,11-12H,7-10H2,1-2H3,(H,25,32)(H,26,28). The fraction of sp³-hybridized carbons (Fsp3) is 0.273. The Labute approximate surface area is 188 Å². The lowest BCUT2D eigenvalue weighted by Crippen LogP contribution is -2.48. The van der Waals surface area contributed by atoms with E-state index in [9.17, 15) is 18.4 Å². The van der Waals surface area contributed by atoms with Gasteiger partial charge in [-0.25, -0.2) is 8.78 Å². The number of benzene rings is 2. The Morgan fingerprint density at radius 3 is 2.36 bits per heavy atom. The maximum absolute atomic E-state index is 13.3. The van der Waals surface area contributed by atoms with Crippen LogP contribution < -0.4 is 15.5 Å². The molecule has 0 radical (unpaired) electrons. The zero-order valence-electron chi connectivity index (χ0n) is 18.1. The summed E-state index contributed by atoms with van der Waals surface area (Å²) in [6, 6.07) is 8.57. The molecule has 0 atom stereocenters. The summed E-state index contributed by atoms with van der Waals surface area (Å²) in [6.07, 6.45) is 0. The number of aryl methyl sites for hydroxylation is 1. The molecule has 4 rings (SSSR count). The molecule has 2 aromatic carbocycles. The lowest BCUT2D eigenvalue weighted by molar-refractivity contribution is -0.129. The predicted molar refractivity (Wildman–Crippen MR) is 118 cm³/mol. The quantitative estimate of drug-likeness (QED) is 0.607. The molecule has 1 saturated heterocycles. The first-order valence-electron chi connectivity index (χ1n) is 10.3. The lowest BCUT2D eigenvalue weighted by Gasteiger charge is -2.36. The largest absolute Gasteiger partial charge is 0.399 e. The molecule has 33 heavy (non-hydrogen) atoms. The van der Waals surface area contributed by atoms with Crippen LogP contribution in [-0.4, -0.2) is 53.1 Å². The summed E-state index contributed by atoms with van der Waals surface area (Å²) < 4.78 is 31.6. The van der Waals surface area contributed by atoms with Gasteiger partial charge in [-0.2, -0.15) is 0 Å². The maximum atomic E-state index is 13.3. The van der Waals surface area contributed by atoms with Crippen LogP contribution in [-0.2, 0) is 4.79 Å². The van der Waals surface area contributed by atoms with E-state index >= 15 is 0 Å². The highest BCUT2D eigenvalue weighted by Crippen LogP contribution is 2.25. The van der Waals surface area contributed by atoms with E-state index in [-0.39, 0.29) is 23.5 Å². The number of piperazine rings is 1. The fourth-order valence-electron chi connectivity index (χ4n) is 3.60. The molecule has 11 heteroatoms. The number of hydrogen-bond acceptors (Lipinski definition) is 7. The van der Waals surface area contributed by atoms with Crippen LogP contribution in [0.5, 0.6) is 0 Å². The number of nitrogens with zero attached hydrogens (tertiary/aromatic N) is 4. The molecule has 0 saturated carbocycles. The van der Waals surface area contributed by atoms with E-state index in [4.69, 9.17) is 4.42 Å². The molecule has 1 aliphatic heterocycles. The van der Waals surface area contributed by atoms with Gasteiger partial charge in [0.25, 0.3) is 0 Å². The zero-order valence-corrected chi connectivity index (χ0v) is 18.1. The zero-order chi connectivity index (χ0) is 23.5. The highest BCUT2D eigenvalue weighted by atomic mass is 19.2. The average molecular weight is 456 g/mol. The molecule has 0 spiro atoms. The number of halogens is 2. The smallest absolute Gasteiger partial charge is 0.320 e. The molecule has 0 bridgehead atoms. The van der Waals surface area contributed by atoms with Gasteiger partial charge in [-0.05, 0) is 42.8 Å². The lowest BCUT2D eigenvalue weighted by atomic mass is 10.1. The summed E-state index contributed by atoms with van der Waals surface area (Å²) in [5.74, 6) is -2.83. The fourth-order valence-corrected chi connectivity index (χ4v) is 3.60. The van der Waals surface area contributed by atoms with Crippen molar-refractivity contribution in [3.63, 3.8) is 0 Å². The molecule has 0 unspecified atom stereocenters. The number of hydrogen-bond donors (Lipinski definition) is 2. The Morgan fingerprint density at radius 2 is 1.70 bits per heavy atom. The van der Waals surface area contributed by atoms with E-state index in [1.54, 1.807) is 13.0 Å². The van der Waals surface area contributed by atoms with Gasteiger partial charge in [-0.1, -0.05) is 5.10 Å². The molecule has 1 fully saturated rings. The Morgan fingerprint density at radius 1 is 0.970 bits per heavy atom. The van der Waals surface area contributed by atoms with Gasteiger partial charge in [-0.15, -0.1) is 5.10 Å². The van der Waals surface area contributed by atoms with Crippen molar-refractivity contribution in [1.29, 1.82) is 0 Å². The molecule has 2 amide bonds. The van der Waals surface area contributed by atoms with Crippen molar-refractivity contribution >= 4 is 34.9 Å². The summed E-state index contributed by atoms with van der Waals surface area (Å²) in [5.41, 5.74) is 2.75. The Kier molecular flexibility index (Phi) is 6.20. The van der Waals surface area contributed by atoms with Crippen LogP contribution in [0.3, 0.4) is 0 Å². The molecule has 172 valence electrons. The second-order valence-corrected chi connectivity index (χ2v) is 7.61. The summed E-state index contributed by atoms with van der Waals surface area (Å²) in [6.45, 7) is 6.34. The second kappa shape index (κ2) is 9.23. The first-order valence-corrected chi connectivity index (χ1v) is 10.3. The van der Waals surface area contributed by atoms with Gasteiger partial charge in [0.15, 0.2) is 11.6 Å². The monoisotopic (exact) mass is 456 g/mol. The van der Waals surface area contributed by atoms with Gasteiger partial charge >= 0.3 is 17.8 Å². The molecule has 0 aliphatic carbocycles. The predicted octanol–water partition coefficient (Wildman–Crippen LogP) is 3.32. The van der Waals surface area contributed by atoms with Gasteiger partial charge in [0.1, 0.15) is 0 Å². The molecule has 1 aliphatic rings. The number of nitrogens with one attached hydrogen (secondary N) is 2. The molecule has 1 aromatic heterocycles. The van der Waals surface area contributed by atoms with E-state index in [2.05, 4.69) is 25.7 Å². The number of anilines is 4. The van der Waals surface area contributed by atoms with Crippen LogP contribution in [0.1, 0.15) is 23.2 Å². The van der Waals surface area contributed by atoms with E-state index in [1.807, 2.05) is 24.0 Å². The highest BCUT2D eigenvalue weighted by molar-refractivity contribution is 6.01. The first kappa shape index (κ1) is 22.2. The van der Waals surface area contributed by atoms with Crippen LogP contribution in [0.15, 0.2) is 40.8 Å². The SMILES string of the molecule is CC(=O)N1CCN(c2ccc(NC(=O)c3nnc(Nc4ccc(F)c(F)c4)o3)cc2C)CC1. The van der Waals surface area contributed by atoms with Crippen molar-refractivity contribution in [3.05, 3.63) is 59.5 Å². The topological polar surface area (TPSA) is 104 Å². The summed E-state index contributed by atoms with van der Waals surface area (Å²) in [4.78, 5) is 28.0. The molecule has 3 aromatic rings. The van der Waals surface area contributed by atoms with Gasteiger partial charge in [-0.3, -0.25) is 9.59 Å². The van der Waals surface area contributed by atoms with Crippen molar-refractivity contribution in [2.24, 2.45) is 0 Å². The van der Waals surface area contributed by atoms with E-state index in [0.29, 0.717) is 18.8 Å². The Bertz CT molecular complexity index is 1190. The van der Waals surface area contributed by atoms with Crippen molar-refractivity contribution in [3.8, 4) is 0 Å². The Balaban J connectivity index is 1.38. The minimum absolute atomic E-state index is 0.0774. The first-order chi connectivity index (χ1) is 15.8. The van der Waals surface area contributed by atoms with Crippen LogP contribution in [0, 0.1) is 18.6 Å². The average Bonchev–Trinajstić information content (AvgIpc) is 3.25. The van der Waals surface area contributed by atoms with Crippen molar-refractivity contribution in [1.82, 2.24) is 15.1 Å².